The zero-order valence-electron chi connectivity index (χ0n) is 7.26. The summed E-state index contributed by atoms with van der Waals surface area (Å²) in [5.41, 5.74) is 0. The van der Waals surface area contributed by atoms with Crippen LogP contribution in [0.25, 0.3) is 0 Å². The average Bonchev–Trinajstić information content (AvgIpc) is 2.86. The summed E-state index contributed by atoms with van der Waals surface area (Å²) in [7, 11) is 0. The lowest BCUT2D eigenvalue weighted by Gasteiger charge is -2.00. The lowest BCUT2D eigenvalue weighted by Crippen LogP contribution is -2.05. The molecule has 1 aromatic heterocycles. The van der Waals surface area contributed by atoms with Crippen LogP contribution in [0.3, 0.4) is 0 Å². The molecule has 1 saturated carbocycles. The van der Waals surface area contributed by atoms with Gasteiger partial charge in [0.25, 0.3) is 0 Å². The number of aliphatic hydroxyl groups is 1. The minimum absolute atomic E-state index is 0.0853. The predicted octanol–water partition coefficient (Wildman–Crippen LogP) is 0.167. The van der Waals surface area contributed by atoms with E-state index in [4.69, 9.17) is 5.11 Å². The van der Waals surface area contributed by atoms with Gasteiger partial charge in [0.1, 0.15) is 0 Å². The first-order chi connectivity index (χ1) is 6.40. The van der Waals surface area contributed by atoms with Crippen LogP contribution in [0.1, 0.15) is 12.8 Å². The fraction of sp³-hybridized carbons (Fsp3) is 0.857. The van der Waals surface area contributed by atoms with Gasteiger partial charge < -0.3 is 5.11 Å². The van der Waals surface area contributed by atoms with E-state index >= 15 is 0 Å². The fourth-order valence-corrected chi connectivity index (χ4v) is 2.10. The number of hydrogen-bond donors (Lipinski definition) is 1. The summed E-state index contributed by atoms with van der Waals surface area (Å²) in [6.07, 6.45) is 2.68. The van der Waals surface area contributed by atoms with Crippen molar-refractivity contribution < 1.29 is 5.11 Å². The molecule has 0 unspecified atom stereocenters. The third kappa shape index (κ3) is 2.41. The van der Waals surface area contributed by atoms with Gasteiger partial charge in [-0.05, 0) is 29.2 Å². The van der Waals surface area contributed by atoms with Crippen LogP contribution in [0, 0.1) is 5.92 Å². The Morgan fingerprint density at radius 1 is 1.54 bits per heavy atom. The molecule has 0 amide bonds. The van der Waals surface area contributed by atoms with Gasteiger partial charge in [0.05, 0.1) is 13.2 Å². The van der Waals surface area contributed by atoms with E-state index in [1.165, 1.54) is 12.8 Å². The highest BCUT2D eigenvalue weighted by molar-refractivity contribution is 7.99. The molecule has 5 nitrogen and oxygen atoms in total. The smallest absolute Gasteiger partial charge is 0.209 e. The van der Waals surface area contributed by atoms with Gasteiger partial charge in [-0.3, -0.25) is 0 Å². The predicted molar refractivity (Wildman–Crippen MR) is 48.4 cm³/mol. The molecule has 0 bridgehead atoms. The Labute approximate surface area is 80.5 Å². The maximum absolute atomic E-state index is 8.73. The molecular formula is C7H12N4OS. The van der Waals surface area contributed by atoms with Crippen molar-refractivity contribution in [2.75, 3.05) is 12.4 Å². The average molecular weight is 200 g/mol. The number of rotatable bonds is 5. The van der Waals surface area contributed by atoms with Crippen molar-refractivity contribution in [1.82, 2.24) is 20.2 Å². The Hall–Kier alpha value is -0.620. The Bertz CT molecular complexity index is 273. The van der Waals surface area contributed by atoms with Crippen molar-refractivity contribution in [3.05, 3.63) is 0 Å². The third-order valence-corrected chi connectivity index (χ3v) is 3.14. The number of thioether (sulfide) groups is 1. The van der Waals surface area contributed by atoms with Crippen LogP contribution >= 0.6 is 11.8 Å². The summed E-state index contributed by atoms with van der Waals surface area (Å²) < 4.78 is 1.65. The van der Waals surface area contributed by atoms with Gasteiger partial charge in [0.15, 0.2) is 0 Å². The molecule has 1 fully saturated rings. The molecule has 1 aliphatic carbocycles. The van der Waals surface area contributed by atoms with Crippen LogP contribution in [0.4, 0.5) is 0 Å². The normalized spacial score (nSPS) is 16.4. The van der Waals surface area contributed by atoms with E-state index in [0.29, 0.717) is 6.54 Å². The molecule has 0 atom stereocenters. The number of tetrazole rings is 1. The second kappa shape index (κ2) is 4.06. The highest BCUT2D eigenvalue weighted by Gasteiger charge is 2.22. The highest BCUT2D eigenvalue weighted by Crippen LogP contribution is 2.34. The van der Waals surface area contributed by atoms with Gasteiger partial charge in [-0.25, -0.2) is 4.68 Å². The van der Waals surface area contributed by atoms with Crippen LogP contribution < -0.4 is 0 Å². The number of aliphatic hydroxyl groups excluding tert-OH is 1. The first-order valence-electron chi connectivity index (χ1n) is 4.40. The molecule has 0 aliphatic heterocycles. The molecule has 1 aromatic rings. The molecule has 0 radical (unpaired) electrons. The van der Waals surface area contributed by atoms with Crippen molar-refractivity contribution in [2.24, 2.45) is 5.92 Å². The molecule has 0 spiro atoms. The Morgan fingerprint density at radius 3 is 3.08 bits per heavy atom. The molecule has 72 valence electrons. The molecule has 0 saturated heterocycles. The lowest BCUT2D eigenvalue weighted by molar-refractivity contribution is 0.262. The van der Waals surface area contributed by atoms with E-state index in [1.807, 2.05) is 0 Å². The molecule has 6 heteroatoms. The first-order valence-corrected chi connectivity index (χ1v) is 5.38. The van der Waals surface area contributed by atoms with Gasteiger partial charge in [0, 0.05) is 5.75 Å². The number of nitrogens with zero attached hydrogens (tertiary/aromatic N) is 4. The highest BCUT2D eigenvalue weighted by atomic mass is 32.2. The van der Waals surface area contributed by atoms with Gasteiger partial charge in [0.2, 0.25) is 5.16 Å². The lowest BCUT2D eigenvalue weighted by atomic mass is 10.5. The van der Waals surface area contributed by atoms with Crippen molar-refractivity contribution in [3.63, 3.8) is 0 Å². The molecule has 13 heavy (non-hydrogen) atoms. The van der Waals surface area contributed by atoms with Crippen molar-refractivity contribution in [3.8, 4) is 0 Å². The molecule has 0 aromatic carbocycles. The maximum atomic E-state index is 8.73. The minimum Gasteiger partial charge on any atom is -0.394 e. The third-order valence-electron chi connectivity index (χ3n) is 1.96. The zero-order chi connectivity index (χ0) is 9.10. The van der Waals surface area contributed by atoms with Gasteiger partial charge >= 0.3 is 0 Å². The van der Waals surface area contributed by atoms with E-state index in [-0.39, 0.29) is 6.61 Å². The van der Waals surface area contributed by atoms with Gasteiger partial charge in [-0.1, -0.05) is 11.8 Å². The quantitative estimate of drug-likeness (QED) is 0.686. The van der Waals surface area contributed by atoms with E-state index in [0.717, 1.165) is 16.8 Å². The summed E-state index contributed by atoms with van der Waals surface area (Å²) in [6, 6.07) is 0. The summed E-state index contributed by atoms with van der Waals surface area (Å²) >= 11 is 1.68. The summed E-state index contributed by atoms with van der Waals surface area (Å²) in [5.74, 6) is 1.97. The Balaban J connectivity index is 1.88. The monoisotopic (exact) mass is 200 g/mol. The summed E-state index contributed by atoms with van der Waals surface area (Å²) in [6.45, 7) is 0.571. The standard InChI is InChI=1S/C7H12N4OS/c12-4-3-11-7(8-9-10-11)13-5-6-1-2-6/h6,12H,1-5H2. The molecule has 1 heterocycles. The van der Waals surface area contributed by atoms with Crippen LogP contribution in [0.5, 0.6) is 0 Å². The fourth-order valence-electron chi connectivity index (χ4n) is 1.01. The van der Waals surface area contributed by atoms with Crippen LogP contribution in [-0.2, 0) is 6.54 Å². The first kappa shape index (κ1) is 8.96. The maximum Gasteiger partial charge on any atom is 0.209 e. The Kier molecular flexibility index (Phi) is 2.80. The zero-order valence-corrected chi connectivity index (χ0v) is 8.07. The summed E-state index contributed by atoms with van der Waals surface area (Å²) in [4.78, 5) is 0. The number of aromatic nitrogens is 4. The molecule has 1 aliphatic rings. The van der Waals surface area contributed by atoms with Crippen molar-refractivity contribution in [2.45, 2.75) is 24.5 Å². The molecule has 1 N–H and O–H groups in total. The van der Waals surface area contributed by atoms with Crippen LogP contribution in [0.15, 0.2) is 5.16 Å². The van der Waals surface area contributed by atoms with Crippen molar-refractivity contribution in [1.29, 1.82) is 0 Å². The summed E-state index contributed by atoms with van der Waals surface area (Å²) in [5, 5.41) is 20.8. The number of hydrogen-bond acceptors (Lipinski definition) is 5. The second-order valence-electron chi connectivity index (χ2n) is 3.16. The van der Waals surface area contributed by atoms with Crippen molar-refractivity contribution >= 4 is 11.8 Å². The van der Waals surface area contributed by atoms with Gasteiger partial charge in [-0.2, -0.15) is 0 Å². The minimum atomic E-state index is 0.0853. The van der Waals surface area contributed by atoms with E-state index in [2.05, 4.69) is 15.5 Å². The van der Waals surface area contributed by atoms with E-state index in [9.17, 15) is 0 Å². The molecule has 2 rings (SSSR count). The molecular weight excluding hydrogens is 188 g/mol. The van der Waals surface area contributed by atoms with Crippen LogP contribution in [-0.4, -0.2) is 37.7 Å². The SMILES string of the molecule is OCCn1nnnc1SCC1CC1. The van der Waals surface area contributed by atoms with Crippen LogP contribution in [0.2, 0.25) is 0 Å². The Morgan fingerprint density at radius 2 is 2.38 bits per heavy atom. The largest absolute Gasteiger partial charge is 0.394 e. The van der Waals surface area contributed by atoms with E-state index < -0.39 is 0 Å². The topological polar surface area (TPSA) is 63.8 Å². The van der Waals surface area contributed by atoms with Gasteiger partial charge in [-0.15, -0.1) is 5.10 Å². The van der Waals surface area contributed by atoms with E-state index in [1.54, 1.807) is 16.4 Å². The second-order valence-corrected chi connectivity index (χ2v) is 4.15.